The average Bonchev–Trinajstić information content (AvgIpc) is 3.38. The molecule has 1 atom stereocenters. The highest BCUT2D eigenvalue weighted by atomic mass is 32.1. The maximum Gasteiger partial charge on any atom is 0.341 e. The van der Waals surface area contributed by atoms with Gasteiger partial charge < -0.3 is 20.1 Å². The first-order chi connectivity index (χ1) is 14.4. The molecule has 156 valence electrons. The SMILES string of the molecule is CN1COc2c(N3CCC(Nc4nncs4)C3)c(F)cc3c(=O)c(C(=O)O)cn1c23. The molecule has 0 saturated carbocycles. The van der Waals surface area contributed by atoms with Gasteiger partial charge in [-0.25, -0.2) is 9.18 Å². The van der Waals surface area contributed by atoms with Gasteiger partial charge in [-0.1, -0.05) is 11.3 Å². The number of carboxylic acid groups (broad SMARTS) is 1. The topological polar surface area (TPSA) is 113 Å². The number of aromatic carboxylic acids is 1. The predicted octanol–water partition coefficient (Wildman–Crippen LogP) is 1.30. The summed E-state index contributed by atoms with van der Waals surface area (Å²) in [4.78, 5) is 26.0. The van der Waals surface area contributed by atoms with Crippen molar-refractivity contribution in [2.24, 2.45) is 0 Å². The smallest absolute Gasteiger partial charge is 0.341 e. The zero-order valence-electron chi connectivity index (χ0n) is 15.8. The minimum atomic E-state index is -1.36. The van der Waals surface area contributed by atoms with E-state index >= 15 is 4.39 Å². The lowest BCUT2D eigenvalue weighted by atomic mass is 10.1. The number of nitrogens with zero attached hydrogens (tertiary/aromatic N) is 5. The van der Waals surface area contributed by atoms with E-state index in [1.807, 2.05) is 4.90 Å². The molecule has 2 aliphatic rings. The second-order valence-electron chi connectivity index (χ2n) is 7.20. The molecule has 4 heterocycles. The van der Waals surface area contributed by atoms with Crippen LogP contribution in [0.2, 0.25) is 0 Å². The Morgan fingerprint density at radius 1 is 1.47 bits per heavy atom. The van der Waals surface area contributed by atoms with Crippen molar-refractivity contribution in [3.63, 3.8) is 0 Å². The molecule has 30 heavy (non-hydrogen) atoms. The second-order valence-corrected chi connectivity index (χ2v) is 8.04. The zero-order chi connectivity index (χ0) is 21.0. The Bertz CT molecular complexity index is 1210. The summed E-state index contributed by atoms with van der Waals surface area (Å²) < 4.78 is 22.6. The molecule has 1 saturated heterocycles. The minimum absolute atomic E-state index is 0.0274. The maximum atomic E-state index is 15.2. The Morgan fingerprint density at radius 2 is 2.30 bits per heavy atom. The van der Waals surface area contributed by atoms with E-state index < -0.39 is 22.8 Å². The highest BCUT2D eigenvalue weighted by Crippen LogP contribution is 2.41. The predicted molar refractivity (Wildman–Crippen MR) is 109 cm³/mol. The van der Waals surface area contributed by atoms with E-state index in [1.165, 1.54) is 22.2 Å². The summed E-state index contributed by atoms with van der Waals surface area (Å²) >= 11 is 1.39. The van der Waals surface area contributed by atoms with Crippen LogP contribution in [0, 0.1) is 5.82 Å². The first-order valence-electron chi connectivity index (χ1n) is 9.21. The first-order valence-corrected chi connectivity index (χ1v) is 10.1. The van der Waals surface area contributed by atoms with Gasteiger partial charge in [0.15, 0.2) is 18.3 Å². The Kier molecular flexibility index (Phi) is 4.24. The summed E-state index contributed by atoms with van der Waals surface area (Å²) in [5.41, 5.74) is 1.11. The van der Waals surface area contributed by atoms with Gasteiger partial charge in [-0.2, -0.15) is 0 Å². The molecule has 12 heteroatoms. The number of halogens is 1. The third-order valence-corrected chi connectivity index (χ3v) is 5.96. The summed E-state index contributed by atoms with van der Waals surface area (Å²) in [7, 11) is 1.69. The summed E-state index contributed by atoms with van der Waals surface area (Å²) in [5, 5.41) is 22.7. The Morgan fingerprint density at radius 3 is 3.03 bits per heavy atom. The van der Waals surface area contributed by atoms with Gasteiger partial charge in [-0.15, -0.1) is 10.2 Å². The van der Waals surface area contributed by atoms with E-state index in [2.05, 4.69) is 15.5 Å². The van der Waals surface area contributed by atoms with Gasteiger partial charge in [-0.3, -0.25) is 14.5 Å². The second kappa shape index (κ2) is 6.83. The van der Waals surface area contributed by atoms with Crippen LogP contribution >= 0.6 is 11.3 Å². The third-order valence-electron chi connectivity index (χ3n) is 5.34. The summed E-state index contributed by atoms with van der Waals surface area (Å²) in [6.45, 7) is 1.19. The Labute approximate surface area is 173 Å². The monoisotopic (exact) mass is 432 g/mol. The first kappa shape index (κ1) is 18.6. The van der Waals surface area contributed by atoms with Crippen LogP contribution in [0.4, 0.5) is 15.2 Å². The van der Waals surface area contributed by atoms with Crippen LogP contribution < -0.4 is 25.4 Å². The number of carboxylic acids is 1. The lowest BCUT2D eigenvalue weighted by Crippen LogP contribution is -2.40. The molecule has 2 aliphatic heterocycles. The van der Waals surface area contributed by atoms with Crippen molar-refractivity contribution in [2.75, 3.05) is 42.1 Å². The van der Waals surface area contributed by atoms with E-state index in [0.29, 0.717) is 23.7 Å². The molecule has 5 rings (SSSR count). The quantitative estimate of drug-likeness (QED) is 0.630. The summed E-state index contributed by atoms with van der Waals surface area (Å²) in [5.74, 6) is -1.74. The maximum absolute atomic E-state index is 15.2. The molecule has 2 N–H and O–H groups in total. The van der Waals surface area contributed by atoms with Crippen LogP contribution in [-0.4, -0.2) is 58.9 Å². The number of hydrogen-bond donors (Lipinski definition) is 2. The third kappa shape index (κ3) is 2.83. The van der Waals surface area contributed by atoms with Crippen LogP contribution in [0.1, 0.15) is 16.8 Å². The van der Waals surface area contributed by atoms with E-state index in [1.54, 1.807) is 17.6 Å². The number of pyridine rings is 1. The molecule has 0 amide bonds. The van der Waals surface area contributed by atoms with E-state index in [0.717, 1.165) is 12.5 Å². The number of anilines is 2. The molecule has 0 spiro atoms. The fourth-order valence-corrected chi connectivity index (χ4v) is 4.49. The average molecular weight is 432 g/mol. The van der Waals surface area contributed by atoms with E-state index in [-0.39, 0.29) is 29.6 Å². The molecule has 10 nitrogen and oxygen atoms in total. The van der Waals surface area contributed by atoms with Crippen molar-refractivity contribution in [3.05, 3.63) is 39.4 Å². The largest absolute Gasteiger partial charge is 0.477 e. The van der Waals surface area contributed by atoms with E-state index in [9.17, 15) is 14.7 Å². The number of benzene rings is 1. The van der Waals surface area contributed by atoms with Crippen molar-refractivity contribution in [1.82, 2.24) is 14.9 Å². The number of aromatic nitrogens is 3. The molecular weight excluding hydrogens is 415 g/mol. The minimum Gasteiger partial charge on any atom is -0.477 e. The summed E-state index contributed by atoms with van der Waals surface area (Å²) in [6, 6.07) is 1.16. The fourth-order valence-electron chi connectivity index (χ4n) is 3.96. The molecule has 1 fully saturated rings. The number of hydrogen-bond acceptors (Lipinski definition) is 9. The molecule has 2 aromatic heterocycles. The molecule has 1 aromatic carbocycles. The Balaban J connectivity index is 1.61. The van der Waals surface area contributed by atoms with Crippen molar-refractivity contribution in [1.29, 1.82) is 0 Å². The molecule has 3 aromatic rings. The van der Waals surface area contributed by atoms with Gasteiger partial charge in [0.25, 0.3) is 0 Å². The van der Waals surface area contributed by atoms with Crippen LogP contribution in [0.5, 0.6) is 5.75 Å². The molecule has 0 bridgehead atoms. The number of rotatable bonds is 4. The van der Waals surface area contributed by atoms with Crippen LogP contribution in [0.15, 0.2) is 22.6 Å². The highest BCUT2D eigenvalue weighted by Gasteiger charge is 2.32. The standard InChI is InChI=1S/C18H17FN6O4S/c1-23-8-29-16-13-10(15(26)11(17(27)28)6-25(13)23)4-12(19)14(16)24-3-2-9(5-24)21-18-22-20-7-30-18/h4,6-7,9H,2-3,5,8H2,1H3,(H,21,22)(H,27,28). The summed E-state index contributed by atoms with van der Waals surface area (Å²) in [6.07, 6.45) is 2.02. The Hall–Kier alpha value is -3.41. The zero-order valence-corrected chi connectivity index (χ0v) is 16.6. The lowest BCUT2D eigenvalue weighted by molar-refractivity contribution is 0.0694. The number of carbonyl (C=O) groups is 1. The van der Waals surface area contributed by atoms with Gasteiger partial charge in [0.1, 0.15) is 22.3 Å². The van der Waals surface area contributed by atoms with Crippen molar-refractivity contribution >= 4 is 39.0 Å². The van der Waals surface area contributed by atoms with Crippen LogP contribution in [0.3, 0.4) is 0 Å². The van der Waals surface area contributed by atoms with Gasteiger partial charge >= 0.3 is 5.97 Å². The van der Waals surface area contributed by atoms with Gasteiger partial charge in [0.05, 0.1) is 5.39 Å². The van der Waals surface area contributed by atoms with Crippen LogP contribution in [-0.2, 0) is 0 Å². The van der Waals surface area contributed by atoms with Crippen molar-refractivity contribution in [2.45, 2.75) is 12.5 Å². The molecular formula is C18H17FN6O4S. The van der Waals surface area contributed by atoms with Crippen molar-refractivity contribution < 1.29 is 19.0 Å². The van der Waals surface area contributed by atoms with Gasteiger partial charge in [0.2, 0.25) is 10.6 Å². The van der Waals surface area contributed by atoms with E-state index in [4.69, 9.17) is 4.74 Å². The molecule has 0 aliphatic carbocycles. The molecule has 1 unspecified atom stereocenters. The fraction of sp³-hybridized carbons (Fsp3) is 0.333. The van der Waals surface area contributed by atoms with Crippen LogP contribution in [0.25, 0.3) is 10.9 Å². The normalized spacial score (nSPS) is 18.0. The number of nitrogens with one attached hydrogen (secondary N) is 1. The highest BCUT2D eigenvalue weighted by molar-refractivity contribution is 7.13. The van der Waals surface area contributed by atoms with Crippen molar-refractivity contribution in [3.8, 4) is 5.75 Å². The van der Waals surface area contributed by atoms with Gasteiger partial charge in [0, 0.05) is 32.4 Å². The number of ether oxygens (including phenoxy) is 1. The molecule has 0 radical (unpaired) electrons. The lowest BCUT2D eigenvalue weighted by Gasteiger charge is -2.33. The van der Waals surface area contributed by atoms with Gasteiger partial charge in [-0.05, 0) is 12.5 Å².